The zero-order valence-electron chi connectivity index (χ0n) is 18.5. The molecule has 2 fully saturated rings. The van der Waals surface area contributed by atoms with Crippen LogP contribution in [0, 0.1) is 11.3 Å². The number of rotatable bonds is 4. The minimum atomic E-state index is -0.412. The SMILES string of the molecule is CO[C@H]1C[C@@H](c2nc3cccc(Cl)c3c(=O)n2N2CCOCC2)N(c2ncnc(N)c2C#N)C1. The number of methoxy groups -OCH3 is 1. The van der Waals surface area contributed by atoms with Crippen LogP contribution in [-0.4, -0.2) is 65.7 Å². The maximum atomic E-state index is 13.8. The van der Waals surface area contributed by atoms with Gasteiger partial charge in [0, 0.05) is 20.1 Å². The molecule has 2 atom stereocenters. The lowest BCUT2D eigenvalue weighted by Gasteiger charge is -2.35. The van der Waals surface area contributed by atoms with Crippen LogP contribution in [0.4, 0.5) is 11.6 Å². The number of hydrogen-bond donors (Lipinski definition) is 1. The van der Waals surface area contributed by atoms with E-state index < -0.39 is 6.04 Å². The molecule has 0 radical (unpaired) electrons. The number of fused-ring (bicyclic) bond motifs is 1. The summed E-state index contributed by atoms with van der Waals surface area (Å²) in [4.78, 5) is 29.0. The number of nitrogens with two attached hydrogens (primary N) is 1. The third kappa shape index (κ3) is 3.69. The van der Waals surface area contributed by atoms with Gasteiger partial charge in [-0.1, -0.05) is 17.7 Å². The monoisotopic (exact) mass is 482 g/mol. The van der Waals surface area contributed by atoms with Crippen molar-refractivity contribution >= 4 is 34.1 Å². The first-order chi connectivity index (χ1) is 16.5. The quantitative estimate of drug-likeness (QED) is 0.578. The smallest absolute Gasteiger partial charge is 0.281 e. The van der Waals surface area contributed by atoms with Gasteiger partial charge in [-0.3, -0.25) is 4.79 Å². The summed E-state index contributed by atoms with van der Waals surface area (Å²) >= 11 is 6.42. The number of morpholine rings is 1. The molecule has 2 saturated heterocycles. The van der Waals surface area contributed by atoms with Crippen molar-refractivity contribution in [2.75, 3.05) is 55.6 Å². The Bertz CT molecular complexity index is 1330. The minimum absolute atomic E-state index is 0.0935. The Morgan fingerprint density at radius 2 is 2.09 bits per heavy atom. The van der Waals surface area contributed by atoms with E-state index in [1.165, 1.54) is 6.33 Å². The van der Waals surface area contributed by atoms with Gasteiger partial charge in [-0.15, -0.1) is 0 Å². The number of benzene rings is 1. The predicted molar refractivity (Wildman–Crippen MR) is 126 cm³/mol. The lowest BCUT2D eigenvalue weighted by molar-refractivity contribution is 0.108. The molecular weight excluding hydrogens is 460 g/mol. The van der Waals surface area contributed by atoms with Crippen LogP contribution in [0.1, 0.15) is 23.9 Å². The van der Waals surface area contributed by atoms with Crippen molar-refractivity contribution in [3.63, 3.8) is 0 Å². The molecule has 0 spiro atoms. The zero-order chi connectivity index (χ0) is 23.8. The number of halogens is 1. The van der Waals surface area contributed by atoms with Crippen LogP contribution in [0.2, 0.25) is 5.02 Å². The number of nitriles is 1. The van der Waals surface area contributed by atoms with E-state index >= 15 is 0 Å². The highest BCUT2D eigenvalue weighted by molar-refractivity contribution is 6.35. The zero-order valence-corrected chi connectivity index (χ0v) is 19.3. The highest BCUT2D eigenvalue weighted by Crippen LogP contribution is 2.38. The van der Waals surface area contributed by atoms with Gasteiger partial charge in [0.25, 0.3) is 5.56 Å². The first kappa shape index (κ1) is 22.3. The molecule has 0 unspecified atom stereocenters. The van der Waals surface area contributed by atoms with Crippen molar-refractivity contribution in [1.29, 1.82) is 5.26 Å². The number of anilines is 2. The minimum Gasteiger partial charge on any atom is -0.382 e. The second-order valence-corrected chi connectivity index (χ2v) is 8.53. The number of ether oxygens (including phenoxy) is 2. The lowest BCUT2D eigenvalue weighted by atomic mass is 10.1. The molecule has 0 saturated carbocycles. The van der Waals surface area contributed by atoms with Gasteiger partial charge in [0.2, 0.25) is 0 Å². The number of nitrogen functional groups attached to an aromatic ring is 1. The topological polar surface area (TPSA) is 135 Å². The molecule has 176 valence electrons. The van der Waals surface area contributed by atoms with E-state index in [4.69, 9.17) is 31.8 Å². The summed E-state index contributed by atoms with van der Waals surface area (Å²) in [7, 11) is 1.63. The van der Waals surface area contributed by atoms with Gasteiger partial charge in [-0.25, -0.2) is 19.6 Å². The Morgan fingerprint density at radius 3 is 2.82 bits per heavy atom. The molecule has 12 heteroatoms. The summed E-state index contributed by atoms with van der Waals surface area (Å²) in [5.74, 6) is 0.992. The molecule has 4 heterocycles. The van der Waals surface area contributed by atoms with E-state index in [-0.39, 0.29) is 23.0 Å². The maximum Gasteiger partial charge on any atom is 0.281 e. The molecule has 0 aliphatic carbocycles. The van der Waals surface area contributed by atoms with Gasteiger partial charge in [0.05, 0.1) is 54.4 Å². The molecule has 2 aliphatic heterocycles. The second-order valence-electron chi connectivity index (χ2n) is 8.12. The summed E-state index contributed by atoms with van der Waals surface area (Å²) in [6, 6.07) is 6.91. The molecule has 2 N–H and O–H groups in total. The first-order valence-corrected chi connectivity index (χ1v) is 11.3. The molecule has 11 nitrogen and oxygen atoms in total. The van der Waals surface area contributed by atoms with Crippen molar-refractivity contribution < 1.29 is 9.47 Å². The average molecular weight is 483 g/mol. The van der Waals surface area contributed by atoms with Crippen molar-refractivity contribution in [2.45, 2.75) is 18.6 Å². The maximum absolute atomic E-state index is 13.8. The van der Waals surface area contributed by atoms with Gasteiger partial charge in [-0.05, 0) is 12.1 Å². The molecule has 2 aliphatic rings. The Morgan fingerprint density at radius 1 is 1.29 bits per heavy atom. The number of nitrogens with zero attached hydrogens (tertiary/aromatic N) is 7. The first-order valence-electron chi connectivity index (χ1n) is 10.9. The van der Waals surface area contributed by atoms with E-state index in [0.29, 0.717) is 66.8 Å². The van der Waals surface area contributed by atoms with E-state index in [0.717, 1.165) is 0 Å². The van der Waals surface area contributed by atoms with Gasteiger partial charge in [-0.2, -0.15) is 5.26 Å². The highest BCUT2D eigenvalue weighted by atomic mass is 35.5. The van der Waals surface area contributed by atoms with Crippen LogP contribution < -0.4 is 21.2 Å². The molecule has 3 aromatic rings. The van der Waals surface area contributed by atoms with Crippen LogP contribution in [0.25, 0.3) is 10.9 Å². The molecule has 0 amide bonds. The lowest BCUT2D eigenvalue weighted by Crippen LogP contribution is -2.51. The van der Waals surface area contributed by atoms with Crippen molar-refractivity contribution in [3.8, 4) is 6.07 Å². The Balaban J connectivity index is 1.74. The number of aromatic nitrogens is 4. The van der Waals surface area contributed by atoms with E-state index in [1.54, 1.807) is 30.0 Å². The highest BCUT2D eigenvalue weighted by Gasteiger charge is 2.39. The van der Waals surface area contributed by atoms with Crippen LogP contribution in [0.15, 0.2) is 29.3 Å². The fourth-order valence-electron chi connectivity index (χ4n) is 4.60. The largest absolute Gasteiger partial charge is 0.382 e. The van der Waals surface area contributed by atoms with Crippen LogP contribution in [-0.2, 0) is 9.47 Å². The molecule has 2 aromatic heterocycles. The van der Waals surface area contributed by atoms with Crippen LogP contribution >= 0.6 is 11.6 Å². The van der Waals surface area contributed by atoms with Crippen LogP contribution in [0.3, 0.4) is 0 Å². The second kappa shape index (κ2) is 9.06. The summed E-state index contributed by atoms with van der Waals surface area (Å²) in [5, 5.41) is 12.4. The molecule has 0 bridgehead atoms. The third-order valence-electron chi connectivity index (χ3n) is 6.25. The Hall–Kier alpha value is -3.46. The Labute approximate surface area is 200 Å². The van der Waals surface area contributed by atoms with Crippen molar-refractivity contribution in [1.82, 2.24) is 19.6 Å². The van der Waals surface area contributed by atoms with Gasteiger partial charge in [0.15, 0.2) is 11.6 Å². The summed E-state index contributed by atoms with van der Waals surface area (Å²) in [6.07, 6.45) is 1.69. The van der Waals surface area contributed by atoms with Crippen molar-refractivity contribution in [3.05, 3.63) is 51.3 Å². The molecule has 1 aromatic carbocycles. The van der Waals surface area contributed by atoms with Gasteiger partial charge < -0.3 is 25.1 Å². The fourth-order valence-corrected chi connectivity index (χ4v) is 4.85. The van der Waals surface area contributed by atoms with E-state index in [9.17, 15) is 10.1 Å². The van der Waals surface area contributed by atoms with Crippen LogP contribution in [0.5, 0.6) is 0 Å². The molecule has 34 heavy (non-hydrogen) atoms. The summed E-state index contributed by atoms with van der Waals surface area (Å²) in [5.41, 5.74) is 6.39. The predicted octanol–water partition coefficient (Wildman–Crippen LogP) is 1.23. The van der Waals surface area contributed by atoms with Gasteiger partial charge in [0.1, 0.15) is 23.8 Å². The summed E-state index contributed by atoms with van der Waals surface area (Å²) in [6.45, 7) is 2.47. The summed E-state index contributed by atoms with van der Waals surface area (Å²) < 4.78 is 12.8. The fraction of sp³-hybridized carbons (Fsp3) is 0.409. The van der Waals surface area contributed by atoms with E-state index in [2.05, 4.69) is 16.0 Å². The normalized spacial score (nSPS) is 20.6. The average Bonchev–Trinajstić information content (AvgIpc) is 3.28. The molecular formula is C22H23ClN8O3. The Kier molecular flexibility index (Phi) is 5.95. The molecule has 5 rings (SSSR count). The van der Waals surface area contributed by atoms with Crippen molar-refractivity contribution in [2.24, 2.45) is 0 Å². The van der Waals surface area contributed by atoms with E-state index in [1.807, 2.05) is 9.91 Å². The van der Waals surface area contributed by atoms with Gasteiger partial charge >= 0.3 is 0 Å². The standard InChI is InChI=1S/C22H23ClN8O3/c1-33-13-9-17(30(11-13)20-14(10-24)19(25)26-12-27-20)21-28-16-4-2-3-15(23)18(16)22(32)31(21)29-5-7-34-8-6-29/h2-4,12-13,17H,5-9,11H2,1H3,(H2,25,26,27)/t13-,17-/m0/s1. The third-order valence-corrected chi connectivity index (χ3v) is 6.57. The number of hydrogen-bond acceptors (Lipinski definition) is 10.